The number of nitriles is 1. The Morgan fingerprint density at radius 3 is 2.59 bits per heavy atom. The summed E-state index contributed by atoms with van der Waals surface area (Å²) in [4.78, 5) is 16.5. The van der Waals surface area contributed by atoms with Crippen LogP contribution in [0, 0.1) is 11.3 Å². The van der Waals surface area contributed by atoms with Crippen LogP contribution in [0.3, 0.4) is 0 Å². The molecule has 1 N–H and O–H groups in total. The predicted octanol–water partition coefficient (Wildman–Crippen LogP) is 2.56. The van der Waals surface area contributed by atoms with E-state index in [1.165, 1.54) is 10.9 Å². The summed E-state index contributed by atoms with van der Waals surface area (Å²) in [6.45, 7) is 2.11. The smallest absolute Gasteiger partial charge is 0.263 e. The number of benzene rings is 1. The maximum absolute atomic E-state index is 12.4. The maximum Gasteiger partial charge on any atom is 0.263 e. The van der Waals surface area contributed by atoms with Crippen LogP contribution < -0.4 is 14.8 Å². The van der Waals surface area contributed by atoms with E-state index >= 15 is 0 Å². The Morgan fingerprint density at radius 2 is 1.93 bits per heavy atom. The van der Waals surface area contributed by atoms with E-state index in [0.29, 0.717) is 23.9 Å². The quantitative estimate of drug-likeness (QED) is 0.692. The van der Waals surface area contributed by atoms with Crippen molar-refractivity contribution >= 4 is 11.7 Å². The maximum atomic E-state index is 12.4. The number of amides is 1. The average Bonchev–Trinajstić information content (AvgIpc) is 3.10. The number of pyridine rings is 1. The molecule has 0 bridgehead atoms. The van der Waals surface area contributed by atoms with Gasteiger partial charge in [-0.1, -0.05) is 18.2 Å². The fourth-order valence-electron chi connectivity index (χ4n) is 2.36. The third-order valence-corrected chi connectivity index (χ3v) is 3.52. The molecular formula is C19H17N5O3. The van der Waals surface area contributed by atoms with E-state index in [9.17, 15) is 10.1 Å². The van der Waals surface area contributed by atoms with Crippen molar-refractivity contribution in [3.8, 4) is 23.4 Å². The molecule has 3 rings (SSSR count). The molecule has 2 aromatic heterocycles. The zero-order valence-electron chi connectivity index (χ0n) is 14.6. The van der Waals surface area contributed by atoms with Gasteiger partial charge in [-0.15, -0.1) is 0 Å². The first-order valence-corrected chi connectivity index (χ1v) is 8.27. The SMILES string of the molecule is CCOc1ccccc1OCC(=O)Nc1c(C#N)cnn1-c1ccccn1. The summed E-state index contributed by atoms with van der Waals surface area (Å²) in [5.74, 6) is 1.31. The Morgan fingerprint density at radius 1 is 1.19 bits per heavy atom. The minimum atomic E-state index is -0.435. The monoisotopic (exact) mass is 363 g/mol. The topological polar surface area (TPSA) is 102 Å². The van der Waals surface area contributed by atoms with Crippen molar-refractivity contribution in [1.82, 2.24) is 14.8 Å². The largest absolute Gasteiger partial charge is 0.490 e. The number of hydrogen-bond donors (Lipinski definition) is 1. The Kier molecular flexibility index (Phi) is 5.64. The Balaban J connectivity index is 1.74. The summed E-state index contributed by atoms with van der Waals surface area (Å²) in [7, 11) is 0. The molecule has 3 aromatic rings. The molecule has 0 fully saturated rings. The van der Waals surface area contributed by atoms with Gasteiger partial charge in [0, 0.05) is 6.20 Å². The van der Waals surface area contributed by atoms with Crippen LogP contribution in [0.4, 0.5) is 5.82 Å². The first-order chi connectivity index (χ1) is 13.2. The number of nitrogens with zero attached hydrogens (tertiary/aromatic N) is 4. The van der Waals surface area contributed by atoms with Gasteiger partial charge in [-0.05, 0) is 31.2 Å². The fourth-order valence-corrected chi connectivity index (χ4v) is 2.36. The fraction of sp³-hybridized carbons (Fsp3) is 0.158. The van der Waals surface area contributed by atoms with Gasteiger partial charge < -0.3 is 14.8 Å². The van der Waals surface area contributed by atoms with Crippen LogP contribution in [0.2, 0.25) is 0 Å². The van der Waals surface area contributed by atoms with Crippen molar-refractivity contribution in [2.45, 2.75) is 6.92 Å². The molecule has 0 atom stereocenters. The molecule has 0 aliphatic heterocycles. The first-order valence-electron chi connectivity index (χ1n) is 8.27. The normalized spacial score (nSPS) is 10.1. The standard InChI is InChI=1S/C19H17N5O3/c1-2-26-15-7-3-4-8-16(15)27-13-18(25)23-19-14(11-20)12-22-24(19)17-9-5-6-10-21-17/h3-10,12H,2,13H2,1H3,(H,23,25). The summed E-state index contributed by atoms with van der Waals surface area (Å²) < 4.78 is 12.4. The summed E-state index contributed by atoms with van der Waals surface area (Å²) in [5.41, 5.74) is 0.226. The number of ether oxygens (including phenoxy) is 2. The summed E-state index contributed by atoms with van der Waals surface area (Å²) in [5, 5.41) is 16.1. The van der Waals surface area contributed by atoms with E-state index in [4.69, 9.17) is 9.47 Å². The highest BCUT2D eigenvalue weighted by atomic mass is 16.5. The number of nitrogens with one attached hydrogen (secondary N) is 1. The number of carbonyl (C=O) groups is 1. The molecule has 0 saturated carbocycles. The second-order valence-corrected chi connectivity index (χ2v) is 5.33. The van der Waals surface area contributed by atoms with Crippen LogP contribution in [0.15, 0.2) is 54.9 Å². The molecule has 8 heteroatoms. The van der Waals surface area contributed by atoms with Gasteiger partial charge in [-0.2, -0.15) is 15.0 Å². The van der Waals surface area contributed by atoms with Gasteiger partial charge in [0.25, 0.3) is 5.91 Å². The van der Waals surface area contributed by atoms with E-state index in [1.807, 2.05) is 19.1 Å². The lowest BCUT2D eigenvalue weighted by Crippen LogP contribution is -2.22. The minimum Gasteiger partial charge on any atom is -0.490 e. The van der Waals surface area contributed by atoms with Crippen LogP contribution in [-0.4, -0.2) is 33.9 Å². The van der Waals surface area contributed by atoms with Crippen LogP contribution >= 0.6 is 0 Å². The molecule has 0 unspecified atom stereocenters. The molecular weight excluding hydrogens is 346 g/mol. The van der Waals surface area contributed by atoms with Crippen molar-refractivity contribution in [1.29, 1.82) is 5.26 Å². The van der Waals surface area contributed by atoms with Crippen molar-refractivity contribution in [2.24, 2.45) is 0 Å². The summed E-state index contributed by atoms with van der Waals surface area (Å²) >= 11 is 0. The lowest BCUT2D eigenvalue weighted by Gasteiger charge is -2.12. The number of hydrogen-bond acceptors (Lipinski definition) is 6. The number of carbonyl (C=O) groups excluding carboxylic acids is 1. The number of aromatic nitrogens is 3. The molecule has 136 valence electrons. The van der Waals surface area contributed by atoms with Gasteiger partial charge in [0.05, 0.1) is 12.8 Å². The van der Waals surface area contributed by atoms with Gasteiger partial charge in [0.15, 0.2) is 29.7 Å². The van der Waals surface area contributed by atoms with E-state index < -0.39 is 5.91 Å². The van der Waals surface area contributed by atoms with Gasteiger partial charge in [0.2, 0.25) is 0 Å². The zero-order valence-corrected chi connectivity index (χ0v) is 14.6. The molecule has 0 aliphatic rings. The van der Waals surface area contributed by atoms with Crippen LogP contribution in [-0.2, 0) is 4.79 Å². The Bertz CT molecular complexity index is 963. The van der Waals surface area contributed by atoms with Gasteiger partial charge >= 0.3 is 0 Å². The average molecular weight is 363 g/mol. The van der Waals surface area contributed by atoms with Crippen molar-refractivity contribution in [2.75, 3.05) is 18.5 Å². The third kappa shape index (κ3) is 4.22. The van der Waals surface area contributed by atoms with E-state index in [2.05, 4.69) is 15.4 Å². The molecule has 0 aliphatic carbocycles. The number of anilines is 1. The number of para-hydroxylation sites is 2. The molecule has 2 heterocycles. The second kappa shape index (κ2) is 8.49. The Labute approximate surface area is 156 Å². The minimum absolute atomic E-state index is 0.226. The third-order valence-electron chi connectivity index (χ3n) is 3.52. The van der Waals surface area contributed by atoms with Gasteiger partial charge in [-0.3, -0.25) is 4.79 Å². The summed E-state index contributed by atoms with van der Waals surface area (Å²) in [6.07, 6.45) is 2.97. The molecule has 0 radical (unpaired) electrons. The molecule has 8 nitrogen and oxygen atoms in total. The second-order valence-electron chi connectivity index (χ2n) is 5.33. The molecule has 1 aromatic carbocycles. The van der Waals surface area contributed by atoms with Crippen molar-refractivity contribution < 1.29 is 14.3 Å². The van der Waals surface area contributed by atoms with Crippen molar-refractivity contribution in [3.05, 3.63) is 60.4 Å². The highest BCUT2D eigenvalue weighted by molar-refractivity contribution is 5.92. The summed E-state index contributed by atoms with van der Waals surface area (Å²) in [6, 6.07) is 14.4. The predicted molar refractivity (Wildman–Crippen MR) is 97.8 cm³/mol. The highest BCUT2D eigenvalue weighted by Crippen LogP contribution is 2.26. The van der Waals surface area contributed by atoms with E-state index in [0.717, 1.165) is 0 Å². The first kappa shape index (κ1) is 17.9. The highest BCUT2D eigenvalue weighted by Gasteiger charge is 2.16. The molecule has 1 amide bonds. The zero-order chi connectivity index (χ0) is 19.1. The van der Waals surface area contributed by atoms with Crippen LogP contribution in [0.1, 0.15) is 12.5 Å². The van der Waals surface area contributed by atoms with Crippen LogP contribution in [0.25, 0.3) is 5.82 Å². The molecule has 0 spiro atoms. The van der Waals surface area contributed by atoms with Gasteiger partial charge in [-0.25, -0.2) is 4.98 Å². The Hall–Kier alpha value is -3.86. The van der Waals surface area contributed by atoms with Gasteiger partial charge in [0.1, 0.15) is 11.6 Å². The molecule has 27 heavy (non-hydrogen) atoms. The lowest BCUT2D eigenvalue weighted by atomic mass is 10.3. The lowest BCUT2D eigenvalue weighted by molar-refractivity contribution is -0.118. The molecule has 0 saturated heterocycles. The van der Waals surface area contributed by atoms with Crippen LogP contribution in [0.5, 0.6) is 11.5 Å². The number of rotatable bonds is 7. The van der Waals surface area contributed by atoms with Crippen molar-refractivity contribution in [3.63, 3.8) is 0 Å². The van der Waals surface area contributed by atoms with E-state index in [1.54, 1.807) is 42.6 Å². The van der Waals surface area contributed by atoms with E-state index in [-0.39, 0.29) is 18.0 Å².